The van der Waals surface area contributed by atoms with Gasteiger partial charge < -0.3 is 11.1 Å². The van der Waals surface area contributed by atoms with Crippen LogP contribution in [0.5, 0.6) is 0 Å². The van der Waals surface area contributed by atoms with Gasteiger partial charge in [0, 0.05) is 18.0 Å². The van der Waals surface area contributed by atoms with Crippen molar-refractivity contribution in [3.8, 4) is 6.07 Å². The van der Waals surface area contributed by atoms with Gasteiger partial charge in [-0.3, -0.25) is 4.79 Å². The van der Waals surface area contributed by atoms with Crippen LogP contribution in [0.1, 0.15) is 46.5 Å². The molecule has 0 aromatic carbocycles. The largest absolute Gasteiger partial charge is 0.352 e. The van der Waals surface area contributed by atoms with Crippen LogP contribution in [-0.4, -0.2) is 18.0 Å². The molecule has 4 heteroatoms. The highest BCUT2D eigenvalue weighted by molar-refractivity contribution is 5.78. The lowest BCUT2D eigenvalue weighted by atomic mass is 10.0. The van der Waals surface area contributed by atoms with Crippen LogP contribution in [-0.2, 0) is 4.79 Å². The predicted molar refractivity (Wildman–Crippen MR) is 64.5 cm³/mol. The zero-order chi connectivity index (χ0) is 12.6. The molecule has 0 spiro atoms. The highest BCUT2D eigenvalue weighted by atomic mass is 16.1. The highest BCUT2D eigenvalue weighted by Crippen LogP contribution is 2.09. The number of nitriles is 1. The molecule has 0 radical (unpaired) electrons. The van der Waals surface area contributed by atoms with Gasteiger partial charge in [-0.1, -0.05) is 13.3 Å². The Labute approximate surface area is 98.2 Å². The van der Waals surface area contributed by atoms with Gasteiger partial charge in [0.05, 0.1) is 12.5 Å². The minimum absolute atomic E-state index is 0.0000992. The Morgan fingerprint density at radius 3 is 2.50 bits per heavy atom. The second-order valence-corrected chi connectivity index (χ2v) is 4.58. The van der Waals surface area contributed by atoms with Gasteiger partial charge in [0.2, 0.25) is 5.91 Å². The SMILES string of the molecule is CC(N)CCCC(C)C(=O)NC(C)CC#N. The molecule has 0 aliphatic rings. The first kappa shape index (κ1) is 14.9. The number of hydrogen-bond donors (Lipinski definition) is 2. The van der Waals surface area contributed by atoms with Crippen molar-refractivity contribution in [1.29, 1.82) is 5.26 Å². The van der Waals surface area contributed by atoms with Gasteiger partial charge in [0.15, 0.2) is 0 Å². The molecule has 3 N–H and O–H groups in total. The summed E-state index contributed by atoms with van der Waals surface area (Å²) in [6, 6.07) is 2.18. The van der Waals surface area contributed by atoms with Crippen molar-refractivity contribution in [2.45, 2.75) is 58.5 Å². The average Bonchev–Trinajstić information content (AvgIpc) is 2.17. The van der Waals surface area contributed by atoms with Crippen molar-refractivity contribution < 1.29 is 4.79 Å². The van der Waals surface area contributed by atoms with E-state index in [-0.39, 0.29) is 23.9 Å². The Kier molecular flexibility index (Phi) is 7.57. The average molecular weight is 225 g/mol. The van der Waals surface area contributed by atoms with E-state index in [1.54, 1.807) is 0 Å². The molecule has 1 amide bonds. The minimum atomic E-state index is -0.0617. The summed E-state index contributed by atoms with van der Waals surface area (Å²) in [4.78, 5) is 11.7. The molecule has 0 bridgehead atoms. The van der Waals surface area contributed by atoms with Crippen LogP contribution in [0.25, 0.3) is 0 Å². The van der Waals surface area contributed by atoms with Crippen molar-refractivity contribution in [3.63, 3.8) is 0 Å². The van der Waals surface area contributed by atoms with E-state index in [0.717, 1.165) is 19.3 Å². The van der Waals surface area contributed by atoms with Crippen LogP contribution in [0.4, 0.5) is 0 Å². The normalized spacial score (nSPS) is 15.9. The van der Waals surface area contributed by atoms with E-state index in [0.29, 0.717) is 6.42 Å². The number of hydrogen-bond acceptors (Lipinski definition) is 3. The molecular weight excluding hydrogens is 202 g/mol. The van der Waals surface area contributed by atoms with Crippen LogP contribution >= 0.6 is 0 Å². The molecule has 3 atom stereocenters. The zero-order valence-electron chi connectivity index (χ0n) is 10.5. The third kappa shape index (κ3) is 7.24. The van der Waals surface area contributed by atoms with Crippen LogP contribution in [0.15, 0.2) is 0 Å². The number of nitrogens with two attached hydrogens (primary N) is 1. The van der Waals surface area contributed by atoms with Gasteiger partial charge in [-0.15, -0.1) is 0 Å². The fourth-order valence-corrected chi connectivity index (χ4v) is 1.45. The van der Waals surface area contributed by atoms with Gasteiger partial charge in [0.1, 0.15) is 0 Å². The molecule has 0 rings (SSSR count). The lowest BCUT2D eigenvalue weighted by molar-refractivity contribution is -0.125. The number of carbonyl (C=O) groups is 1. The van der Waals surface area contributed by atoms with Crippen LogP contribution in [0.2, 0.25) is 0 Å². The summed E-state index contributed by atoms with van der Waals surface area (Å²) in [5, 5.41) is 11.3. The Morgan fingerprint density at radius 2 is 2.00 bits per heavy atom. The fraction of sp³-hybridized carbons (Fsp3) is 0.833. The van der Waals surface area contributed by atoms with Crippen molar-refractivity contribution in [2.24, 2.45) is 11.7 Å². The van der Waals surface area contributed by atoms with E-state index in [9.17, 15) is 4.79 Å². The molecule has 0 saturated carbocycles. The Morgan fingerprint density at radius 1 is 1.38 bits per heavy atom. The third-order valence-electron chi connectivity index (χ3n) is 2.53. The van der Waals surface area contributed by atoms with E-state index >= 15 is 0 Å². The van der Waals surface area contributed by atoms with Crippen molar-refractivity contribution in [3.05, 3.63) is 0 Å². The topological polar surface area (TPSA) is 78.9 Å². The molecule has 92 valence electrons. The smallest absolute Gasteiger partial charge is 0.223 e. The molecular formula is C12H23N3O. The summed E-state index contributed by atoms with van der Waals surface area (Å²) in [5.74, 6) is 0.0346. The fourth-order valence-electron chi connectivity index (χ4n) is 1.45. The van der Waals surface area contributed by atoms with E-state index in [1.807, 2.05) is 26.8 Å². The highest BCUT2D eigenvalue weighted by Gasteiger charge is 2.14. The molecule has 16 heavy (non-hydrogen) atoms. The quantitative estimate of drug-likeness (QED) is 0.690. The number of nitrogens with one attached hydrogen (secondary N) is 1. The summed E-state index contributed by atoms with van der Waals surface area (Å²) in [5.41, 5.74) is 5.64. The molecule has 0 aliphatic carbocycles. The summed E-state index contributed by atoms with van der Waals surface area (Å²) in [6.07, 6.45) is 3.13. The molecule has 0 heterocycles. The van der Waals surface area contributed by atoms with Crippen molar-refractivity contribution in [1.82, 2.24) is 5.32 Å². The third-order valence-corrected chi connectivity index (χ3v) is 2.53. The predicted octanol–water partition coefficient (Wildman–Crippen LogP) is 1.56. The van der Waals surface area contributed by atoms with E-state index in [4.69, 9.17) is 11.0 Å². The summed E-state index contributed by atoms with van der Waals surface area (Å²) in [6.45, 7) is 5.73. The lowest BCUT2D eigenvalue weighted by Gasteiger charge is -2.15. The van der Waals surface area contributed by atoms with Crippen molar-refractivity contribution in [2.75, 3.05) is 0 Å². The van der Waals surface area contributed by atoms with Gasteiger partial charge in [-0.05, 0) is 26.7 Å². The summed E-state index contributed by atoms with van der Waals surface area (Å²) in [7, 11) is 0. The number of rotatable bonds is 7. The van der Waals surface area contributed by atoms with Gasteiger partial charge in [-0.25, -0.2) is 0 Å². The molecule has 0 aromatic rings. The van der Waals surface area contributed by atoms with Crippen LogP contribution in [0.3, 0.4) is 0 Å². The van der Waals surface area contributed by atoms with Crippen LogP contribution < -0.4 is 11.1 Å². The monoisotopic (exact) mass is 225 g/mol. The number of carbonyl (C=O) groups excluding carboxylic acids is 1. The first-order valence-corrected chi connectivity index (χ1v) is 5.90. The molecule has 4 nitrogen and oxygen atoms in total. The number of amides is 1. The second-order valence-electron chi connectivity index (χ2n) is 4.58. The summed E-state index contributed by atoms with van der Waals surface area (Å²) < 4.78 is 0. The first-order valence-electron chi connectivity index (χ1n) is 5.90. The summed E-state index contributed by atoms with van der Waals surface area (Å²) >= 11 is 0. The van der Waals surface area contributed by atoms with E-state index in [1.165, 1.54) is 0 Å². The maximum Gasteiger partial charge on any atom is 0.223 e. The first-order chi connectivity index (χ1) is 7.47. The lowest BCUT2D eigenvalue weighted by Crippen LogP contribution is -2.36. The Balaban J connectivity index is 3.77. The Bertz CT molecular complexity index is 245. The van der Waals surface area contributed by atoms with Gasteiger partial charge in [-0.2, -0.15) is 5.26 Å². The molecule has 3 unspecified atom stereocenters. The van der Waals surface area contributed by atoms with E-state index in [2.05, 4.69) is 5.32 Å². The molecule has 0 saturated heterocycles. The van der Waals surface area contributed by atoms with Crippen molar-refractivity contribution >= 4 is 5.91 Å². The Hall–Kier alpha value is -1.08. The molecule has 0 aromatic heterocycles. The van der Waals surface area contributed by atoms with Crippen LogP contribution in [0, 0.1) is 17.2 Å². The van der Waals surface area contributed by atoms with Gasteiger partial charge in [0.25, 0.3) is 0 Å². The molecule has 0 aliphatic heterocycles. The standard InChI is InChI=1S/C12H23N3O/c1-9(5-4-6-10(2)14)12(16)15-11(3)7-8-13/h9-11H,4-7,14H2,1-3H3,(H,15,16). The maximum atomic E-state index is 11.7. The zero-order valence-corrected chi connectivity index (χ0v) is 10.5. The van der Waals surface area contributed by atoms with Gasteiger partial charge >= 0.3 is 0 Å². The second kappa shape index (κ2) is 8.12. The minimum Gasteiger partial charge on any atom is -0.352 e. The molecule has 0 fully saturated rings. The van der Waals surface area contributed by atoms with E-state index < -0.39 is 0 Å². The maximum absolute atomic E-state index is 11.7. The number of nitrogens with zero attached hydrogens (tertiary/aromatic N) is 1.